The van der Waals surface area contributed by atoms with E-state index in [1.807, 2.05) is 0 Å². The molecule has 0 aromatic rings. The Labute approximate surface area is 141 Å². The first-order chi connectivity index (χ1) is 10.8. The van der Waals surface area contributed by atoms with Crippen LogP contribution < -0.4 is 0 Å². The molecule has 0 heterocycles. The number of aliphatic hydroxyl groups is 1. The second kappa shape index (κ2) is 12.4. The molecule has 0 rings (SSSR count). The monoisotopic (exact) mass is 348 g/mol. The molecule has 0 unspecified atom stereocenters. The van der Waals surface area contributed by atoms with Crippen LogP contribution in [-0.4, -0.2) is 32.4 Å². The number of rotatable bonds is 13. The van der Waals surface area contributed by atoms with E-state index in [2.05, 4.69) is 6.92 Å². The highest BCUT2D eigenvalue weighted by atomic mass is 32.2. The number of unbranched alkanes of at least 4 members (excludes halogenated alkanes) is 9. The summed E-state index contributed by atoms with van der Waals surface area (Å²) in [5.41, 5.74) is 0. The van der Waals surface area contributed by atoms with Gasteiger partial charge in [-0.25, -0.2) is 13.2 Å². The zero-order valence-electron chi connectivity index (χ0n) is 14.8. The Hall–Kier alpha value is -1.04. The molecule has 0 amide bonds. The van der Waals surface area contributed by atoms with Crippen LogP contribution in [0.25, 0.3) is 0 Å². The zero-order chi connectivity index (χ0) is 17.7. The maximum absolute atomic E-state index is 11.7. The van der Waals surface area contributed by atoms with E-state index in [1.165, 1.54) is 44.9 Å². The Balaban J connectivity index is 3.73. The molecular weight excluding hydrogens is 316 g/mol. The van der Waals surface area contributed by atoms with Gasteiger partial charge >= 0.3 is 5.97 Å². The Morgan fingerprint density at radius 1 is 0.913 bits per heavy atom. The molecule has 0 saturated heterocycles. The summed E-state index contributed by atoms with van der Waals surface area (Å²) in [5.74, 6) is -1.50. The Morgan fingerprint density at radius 3 is 1.74 bits per heavy atom. The number of sulfone groups is 1. The van der Waals surface area contributed by atoms with Crippen molar-refractivity contribution in [3.8, 4) is 0 Å². The lowest BCUT2D eigenvalue weighted by Gasteiger charge is -2.07. The maximum atomic E-state index is 11.7. The molecule has 0 bridgehead atoms. The van der Waals surface area contributed by atoms with E-state index >= 15 is 0 Å². The fraction of sp³-hybridized carbons (Fsp3) is 0.824. The van der Waals surface area contributed by atoms with Gasteiger partial charge in [-0.3, -0.25) is 0 Å². The van der Waals surface area contributed by atoms with Crippen LogP contribution in [0, 0.1) is 0 Å². The van der Waals surface area contributed by atoms with Crippen LogP contribution in [-0.2, 0) is 19.4 Å². The summed E-state index contributed by atoms with van der Waals surface area (Å²) in [6, 6.07) is 0. The molecule has 6 heteroatoms. The fourth-order valence-electron chi connectivity index (χ4n) is 2.39. The molecule has 136 valence electrons. The van der Waals surface area contributed by atoms with E-state index < -0.39 is 26.5 Å². The SMILES string of the molecule is CCCCCCCCCCCCOC(=O)/C(=C(/C)O)S(C)(=O)=O. The van der Waals surface area contributed by atoms with E-state index in [4.69, 9.17) is 4.74 Å². The number of hydrogen-bond donors (Lipinski definition) is 1. The molecule has 0 aliphatic heterocycles. The van der Waals surface area contributed by atoms with Crippen molar-refractivity contribution < 1.29 is 23.1 Å². The standard InChI is InChI=1S/C17H32O5S/c1-4-5-6-7-8-9-10-11-12-13-14-22-17(19)16(15(2)18)23(3,20)21/h18H,4-14H2,1-3H3/b16-15+. The molecule has 0 aromatic carbocycles. The number of carbonyl (C=O) groups is 1. The van der Waals surface area contributed by atoms with Gasteiger partial charge in [-0.15, -0.1) is 0 Å². The highest BCUT2D eigenvalue weighted by Crippen LogP contribution is 2.13. The average molecular weight is 349 g/mol. The van der Waals surface area contributed by atoms with Crippen LogP contribution >= 0.6 is 0 Å². The summed E-state index contributed by atoms with van der Waals surface area (Å²) in [7, 11) is -3.77. The lowest BCUT2D eigenvalue weighted by molar-refractivity contribution is -0.138. The van der Waals surface area contributed by atoms with Gasteiger partial charge in [0.05, 0.1) is 6.61 Å². The number of esters is 1. The van der Waals surface area contributed by atoms with Gasteiger partial charge in [0, 0.05) is 6.26 Å². The number of aliphatic hydroxyl groups excluding tert-OH is 1. The van der Waals surface area contributed by atoms with E-state index in [1.54, 1.807) is 0 Å². The zero-order valence-corrected chi connectivity index (χ0v) is 15.6. The van der Waals surface area contributed by atoms with Crippen molar-refractivity contribution in [1.29, 1.82) is 0 Å². The van der Waals surface area contributed by atoms with E-state index in [0.29, 0.717) is 6.42 Å². The summed E-state index contributed by atoms with van der Waals surface area (Å²) in [4.78, 5) is 11.0. The summed E-state index contributed by atoms with van der Waals surface area (Å²) in [5, 5.41) is 9.29. The van der Waals surface area contributed by atoms with Crippen molar-refractivity contribution in [3.63, 3.8) is 0 Å². The lowest BCUT2D eigenvalue weighted by Crippen LogP contribution is -2.17. The molecule has 0 spiro atoms. The number of carbonyl (C=O) groups excluding carboxylic acids is 1. The van der Waals surface area contributed by atoms with Crippen molar-refractivity contribution >= 4 is 15.8 Å². The minimum Gasteiger partial charge on any atom is -0.511 e. The summed E-state index contributed by atoms with van der Waals surface area (Å²) in [6.07, 6.45) is 12.6. The lowest BCUT2D eigenvalue weighted by atomic mass is 10.1. The van der Waals surface area contributed by atoms with E-state index in [0.717, 1.165) is 26.0 Å². The topological polar surface area (TPSA) is 80.7 Å². The van der Waals surface area contributed by atoms with Gasteiger partial charge in [0.25, 0.3) is 0 Å². The minimum absolute atomic E-state index is 0.182. The van der Waals surface area contributed by atoms with Gasteiger partial charge in [0.1, 0.15) is 5.76 Å². The van der Waals surface area contributed by atoms with E-state index in [-0.39, 0.29) is 6.61 Å². The fourth-order valence-corrected chi connectivity index (χ4v) is 3.29. The van der Waals surface area contributed by atoms with Crippen LogP contribution in [0.4, 0.5) is 0 Å². The van der Waals surface area contributed by atoms with Crippen molar-refractivity contribution in [3.05, 3.63) is 10.7 Å². The summed E-state index contributed by atoms with van der Waals surface area (Å²) < 4.78 is 27.7. The molecule has 0 aromatic heterocycles. The van der Waals surface area contributed by atoms with Gasteiger partial charge < -0.3 is 9.84 Å². The Morgan fingerprint density at radius 2 is 1.35 bits per heavy atom. The van der Waals surface area contributed by atoms with Gasteiger partial charge in [-0.05, 0) is 13.3 Å². The highest BCUT2D eigenvalue weighted by molar-refractivity contribution is 7.95. The summed E-state index contributed by atoms with van der Waals surface area (Å²) in [6.45, 7) is 3.56. The second-order valence-corrected chi connectivity index (χ2v) is 7.96. The molecule has 0 fully saturated rings. The average Bonchev–Trinajstić information content (AvgIpc) is 2.42. The quantitative estimate of drug-likeness (QED) is 0.232. The van der Waals surface area contributed by atoms with Gasteiger partial charge in [-0.2, -0.15) is 0 Å². The number of allylic oxidation sites excluding steroid dienone is 1. The van der Waals surface area contributed by atoms with Crippen molar-refractivity contribution in [2.24, 2.45) is 0 Å². The molecule has 5 nitrogen and oxygen atoms in total. The molecule has 0 atom stereocenters. The molecular formula is C17H32O5S. The third kappa shape index (κ3) is 11.2. The second-order valence-electron chi connectivity index (χ2n) is 6.00. The third-order valence-electron chi connectivity index (χ3n) is 3.62. The molecule has 0 radical (unpaired) electrons. The van der Waals surface area contributed by atoms with Gasteiger partial charge in [-0.1, -0.05) is 64.7 Å². The van der Waals surface area contributed by atoms with Gasteiger partial charge in [0.2, 0.25) is 0 Å². The first kappa shape index (κ1) is 22.0. The Bertz CT molecular complexity index is 461. The van der Waals surface area contributed by atoms with Crippen LogP contribution in [0.5, 0.6) is 0 Å². The van der Waals surface area contributed by atoms with Crippen LogP contribution in [0.15, 0.2) is 10.7 Å². The highest BCUT2D eigenvalue weighted by Gasteiger charge is 2.25. The largest absolute Gasteiger partial charge is 0.511 e. The van der Waals surface area contributed by atoms with Crippen LogP contribution in [0.2, 0.25) is 0 Å². The van der Waals surface area contributed by atoms with E-state index in [9.17, 15) is 18.3 Å². The predicted octanol–water partition coefficient (Wildman–Crippen LogP) is 4.28. The van der Waals surface area contributed by atoms with Gasteiger partial charge in [0.15, 0.2) is 14.7 Å². The third-order valence-corrected chi connectivity index (χ3v) is 4.82. The van der Waals surface area contributed by atoms with Crippen molar-refractivity contribution in [2.75, 3.05) is 12.9 Å². The predicted molar refractivity (Wildman–Crippen MR) is 93.0 cm³/mol. The smallest absolute Gasteiger partial charge is 0.353 e. The molecule has 0 aliphatic carbocycles. The van der Waals surface area contributed by atoms with Crippen LogP contribution in [0.3, 0.4) is 0 Å². The molecule has 1 N–H and O–H groups in total. The number of ether oxygens (including phenoxy) is 1. The maximum Gasteiger partial charge on any atom is 0.353 e. The van der Waals surface area contributed by atoms with Crippen molar-refractivity contribution in [2.45, 2.75) is 78.1 Å². The Kier molecular flexibility index (Phi) is 11.8. The first-order valence-corrected chi connectivity index (χ1v) is 10.5. The molecule has 0 aliphatic rings. The van der Waals surface area contributed by atoms with Crippen LogP contribution in [0.1, 0.15) is 78.1 Å². The first-order valence-electron chi connectivity index (χ1n) is 8.57. The molecule has 23 heavy (non-hydrogen) atoms. The normalized spacial score (nSPS) is 12.8. The molecule has 0 saturated carbocycles. The number of hydrogen-bond acceptors (Lipinski definition) is 5. The summed E-state index contributed by atoms with van der Waals surface area (Å²) >= 11 is 0. The van der Waals surface area contributed by atoms with Crippen molar-refractivity contribution in [1.82, 2.24) is 0 Å². The minimum atomic E-state index is -3.77.